The van der Waals surface area contributed by atoms with Gasteiger partial charge in [-0.1, -0.05) is 6.07 Å². The number of pyridine rings is 1. The highest BCUT2D eigenvalue weighted by Crippen LogP contribution is 2.36. The summed E-state index contributed by atoms with van der Waals surface area (Å²) in [4.78, 5) is 15.3. The van der Waals surface area contributed by atoms with E-state index in [4.69, 9.17) is 4.42 Å². The van der Waals surface area contributed by atoms with Gasteiger partial charge in [0.05, 0.1) is 11.8 Å². The Balaban J connectivity index is 2.28. The molecule has 2 aromatic heterocycles. The number of aromatic amines is 1. The van der Waals surface area contributed by atoms with Gasteiger partial charge >= 0.3 is 0 Å². The van der Waals surface area contributed by atoms with Crippen LogP contribution in [0.1, 0.15) is 16.7 Å². The minimum Gasteiger partial charge on any atom is -0.464 e. The molecule has 0 saturated heterocycles. The lowest BCUT2D eigenvalue weighted by atomic mass is 9.94. The molecule has 24 heavy (non-hydrogen) atoms. The molecular formula is C20H14FNO2. The molecule has 4 aromatic rings. The highest BCUT2D eigenvalue weighted by Gasteiger charge is 2.18. The number of hydrogen-bond acceptors (Lipinski definition) is 2. The zero-order chi connectivity index (χ0) is 17.0. The van der Waals surface area contributed by atoms with Gasteiger partial charge in [0.25, 0.3) is 5.56 Å². The van der Waals surface area contributed by atoms with Crippen LogP contribution in [0.25, 0.3) is 33.0 Å². The van der Waals surface area contributed by atoms with Gasteiger partial charge in [0.1, 0.15) is 5.58 Å². The molecule has 0 aliphatic carbocycles. The second-order valence-corrected chi connectivity index (χ2v) is 6.00. The van der Waals surface area contributed by atoms with Crippen LogP contribution >= 0.6 is 0 Å². The molecule has 2 aromatic carbocycles. The van der Waals surface area contributed by atoms with E-state index < -0.39 is 5.82 Å². The third-order valence-electron chi connectivity index (χ3n) is 4.54. The Morgan fingerprint density at radius 1 is 1.17 bits per heavy atom. The number of furan rings is 1. The van der Waals surface area contributed by atoms with Gasteiger partial charge in [-0.3, -0.25) is 4.79 Å². The van der Waals surface area contributed by atoms with E-state index in [1.807, 2.05) is 19.9 Å². The second kappa shape index (κ2) is 4.97. The third kappa shape index (κ3) is 1.88. The van der Waals surface area contributed by atoms with Crippen LogP contribution in [-0.2, 0) is 0 Å². The van der Waals surface area contributed by atoms with Crippen molar-refractivity contribution in [3.8, 4) is 11.1 Å². The average Bonchev–Trinajstić information content (AvgIpc) is 2.93. The first-order chi connectivity index (χ1) is 11.5. The molecule has 118 valence electrons. The summed E-state index contributed by atoms with van der Waals surface area (Å²) < 4.78 is 20.0. The molecule has 4 rings (SSSR count). The standard InChI is InChI=1S/C20H14FNO2/c1-10-9-24-19-12(3)18-15(8-14(10)19)17(11(2)20(23)22-18)13-6-4-5-7-16(13)21/h4,6,8-9H,1-3H3,(H,22,23). The van der Waals surface area contributed by atoms with Crippen molar-refractivity contribution in [3.63, 3.8) is 0 Å². The van der Waals surface area contributed by atoms with Crippen LogP contribution in [-0.4, -0.2) is 4.98 Å². The second-order valence-electron chi connectivity index (χ2n) is 6.00. The first-order valence-corrected chi connectivity index (χ1v) is 7.61. The van der Waals surface area contributed by atoms with Crippen LogP contribution in [0.5, 0.6) is 0 Å². The fourth-order valence-corrected chi connectivity index (χ4v) is 3.25. The van der Waals surface area contributed by atoms with Gasteiger partial charge < -0.3 is 9.40 Å². The summed E-state index contributed by atoms with van der Waals surface area (Å²) in [5, 5.41) is 1.75. The molecule has 0 fully saturated rings. The molecule has 0 aliphatic heterocycles. The lowest BCUT2D eigenvalue weighted by molar-refractivity contribution is 0.611. The van der Waals surface area contributed by atoms with Crippen LogP contribution in [0.3, 0.4) is 0 Å². The smallest absolute Gasteiger partial charge is 0.251 e. The van der Waals surface area contributed by atoms with Gasteiger partial charge in [0.15, 0.2) is 5.82 Å². The number of fused-ring (bicyclic) bond motifs is 2. The highest BCUT2D eigenvalue weighted by atomic mass is 19.1. The summed E-state index contributed by atoms with van der Waals surface area (Å²) in [5.41, 5.74) is 4.40. The fraction of sp³-hybridized carbons (Fsp3) is 0.150. The van der Waals surface area contributed by atoms with E-state index >= 15 is 0 Å². The highest BCUT2D eigenvalue weighted by molar-refractivity contribution is 6.06. The minimum atomic E-state index is -0.519. The number of aryl methyl sites for hydroxylation is 2. The molecule has 2 heterocycles. The number of benzene rings is 1. The van der Waals surface area contributed by atoms with E-state index in [2.05, 4.69) is 17.1 Å². The Hall–Kier alpha value is -3.06. The average molecular weight is 319 g/mol. The lowest BCUT2D eigenvalue weighted by Crippen LogP contribution is -2.12. The van der Waals surface area contributed by atoms with Gasteiger partial charge in [-0.2, -0.15) is 4.39 Å². The maximum atomic E-state index is 14.3. The summed E-state index contributed by atoms with van der Waals surface area (Å²) in [7, 11) is 0. The number of H-pyrrole nitrogens is 1. The zero-order valence-electron chi connectivity index (χ0n) is 13.5. The lowest BCUT2D eigenvalue weighted by Gasteiger charge is -2.12. The van der Waals surface area contributed by atoms with Crippen LogP contribution < -0.4 is 5.56 Å². The predicted molar refractivity (Wildman–Crippen MR) is 91.6 cm³/mol. The van der Waals surface area contributed by atoms with E-state index in [1.54, 1.807) is 25.3 Å². The largest absolute Gasteiger partial charge is 0.464 e. The quantitative estimate of drug-likeness (QED) is 0.557. The summed E-state index contributed by atoms with van der Waals surface area (Å²) in [6, 6.07) is 10.2. The monoisotopic (exact) mass is 319 g/mol. The molecule has 4 heteroatoms. The number of hydrogen-bond donors (Lipinski definition) is 1. The van der Waals surface area contributed by atoms with Gasteiger partial charge in [0.2, 0.25) is 0 Å². The van der Waals surface area contributed by atoms with Crippen molar-refractivity contribution in [1.82, 2.24) is 4.98 Å². The number of rotatable bonds is 1. The normalized spacial score (nSPS) is 11.2. The molecule has 0 saturated carbocycles. The molecule has 0 atom stereocenters. The summed E-state index contributed by atoms with van der Waals surface area (Å²) >= 11 is 0. The first kappa shape index (κ1) is 14.5. The Morgan fingerprint density at radius 2 is 1.96 bits per heavy atom. The van der Waals surface area contributed by atoms with Gasteiger partial charge in [-0.05, 0) is 50.6 Å². The fourth-order valence-electron chi connectivity index (χ4n) is 3.25. The van der Waals surface area contributed by atoms with Crippen LogP contribution in [0, 0.1) is 38.7 Å². The third-order valence-corrected chi connectivity index (χ3v) is 4.54. The van der Waals surface area contributed by atoms with Crippen molar-refractivity contribution in [2.45, 2.75) is 20.8 Å². The maximum absolute atomic E-state index is 14.3. The molecule has 0 spiro atoms. The SMILES string of the molecule is Cc1c(-c2ccc#cc2F)c2cc3c(C)coc3c(C)c2[nH]c1=O. The number of nitrogens with one attached hydrogen (secondary N) is 1. The Kier molecular flexibility index (Phi) is 3.01. The van der Waals surface area contributed by atoms with Crippen molar-refractivity contribution < 1.29 is 8.81 Å². The summed E-state index contributed by atoms with van der Waals surface area (Å²) in [6.45, 7) is 5.55. The van der Waals surface area contributed by atoms with Crippen molar-refractivity contribution >= 4 is 21.9 Å². The maximum Gasteiger partial charge on any atom is 0.251 e. The molecule has 0 unspecified atom stereocenters. The molecule has 1 N–H and O–H groups in total. The van der Waals surface area contributed by atoms with E-state index in [1.165, 1.54) is 0 Å². The topological polar surface area (TPSA) is 46.0 Å². The minimum absolute atomic E-state index is 0.240. The molecular weight excluding hydrogens is 305 g/mol. The predicted octanol–water partition coefficient (Wildman–Crippen LogP) is 4.61. The van der Waals surface area contributed by atoms with Crippen LogP contribution in [0.2, 0.25) is 0 Å². The molecule has 3 nitrogen and oxygen atoms in total. The molecule has 0 radical (unpaired) electrons. The molecule has 0 bridgehead atoms. The van der Waals surface area contributed by atoms with E-state index in [-0.39, 0.29) is 5.56 Å². The van der Waals surface area contributed by atoms with Crippen molar-refractivity contribution in [2.24, 2.45) is 0 Å². The van der Waals surface area contributed by atoms with Gasteiger partial charge in [0, 0.05) is 33.0 Å². The summed E-state index contributed by atoms with van der Waals surface area (Å²) in [6.07, 6.45) is 1.69. The van der Waals surface area contributed by atoms with Gasteiger partial charge in [-0.25, -0.2) is 0 Å². The van der Waals surface area contributed by atoms with Crippen LogP contribution in [0.4, 0.5) is 4.39 Å². The van der Waals surface area contributed by atoms with E-state index in [9.17, 15) is 9.18 Å². The van der Waals surface area contributed by atoms with Crippen molar-refractivity contribution in [2.75, 3.05) is 0 Å². The van der Waals surface area contributed by atoms with E-state index in [0.717, 1.165) is 27.5 Å². The number of halogens is 1. The van der Waals surface area contributed by atoms with Crippen molar-refractivity contribution in [1.29, 1.82) is 0 Å². The Bertz CT molecular complexity index is 1170. The number of aromatic nitrogens is 1. The Labute approximate surface area is 137 Å². The van der Waals surface area contributed by atoms with Crippen LogP contribution in [0.15, 0.2) is 33.7 Å². The Morgan fingerprint density at radius 3 is 2.71 bits per heavy atom. The van der Waals surface area contributed by atoms with E-state index in [0.29, 0.717) is 22.2 Å². The first-order valence-electron chi connectivity index (χ1n) is 7.61. The molecule has 0 aliphatic rings. The van der Waals surface area contributed by atoms with Gasteiger partial charge in [-0.15, -0.1) is 0 Å². The summed E-state index contributed by atoms with van der Waals surface area (Å²) in [5.74, 6) is -0.519. The zero-order valence-corrected chi connectivity index (χ0v) is 13.5. The van der Waals surface area contributed by atoms with Crippen molar-refractivity contribution in [3.05, 3.63) is 69.5 Å². The molecule has 0 amide bonds.